The van der Waals surface area contributed by atoms with E-state index in [1.807, 2.05) is 18.2 Å². The minimum Gasteiger partial charge on any atom is -0.484 e. The summed E-state index contributed by atoms with van der Waals surface area (Å²) in [6, 6.07) is 13.9. The second kappa shape index (κ2) is 11.4. The van der Waals surface area contributed by atoms with Crippen LogP contribution in [-0.4, -0.2) is 35.4 Å². The largest absolute Gasteiger partial charge is 0.484 e. The van der Waals surface area contributed by atoms with Crippen molar-refractivity contribution in [2.75, 3.05) is 6.61 Å². The van der Waals surface area contributed by atoms with Gasteiger partial charge >= 0.3 is 0 Å². The highest BCUT2D eigenvalue weighted by molar-refractivity contribution is 6.42. The van der Waals surface area contributed by atoms with Gasteiger partial charge in [-0.3, -0.25) is 9.59 Å². The first kappa shape index (κ1) is 23.4. The maximum atomic E-state index is 13.1. The van der Waals surface area contributed by atoms with Gasteiger partial charge in [0.15, 0.2) is 6.61 Å². The van der Waals surface area contributed by atoms with Crippen LogP contribution in [0, 0.1) is 0 Å². The zero-order chi connectivity index (χ0) is 22.2. The average Bonchev–Trinajstić information content (AvgIpc) is 2.79. The summed E-state index contributed by atoms with van der Waals surface area (Å²) < 4.78 is 5.64. The number of amides is 2. The van der Waals surface area contributed by atoms with Gasteiger partial charge in [0.05, 0.1) is 10.0 Å². The van der Waals surface area contributed by atoms with Gasteiger partial charge in [0.25, 0.3) is 5.91 Å². The Hall–Kier alpha value is -2.24. The Bertz CT molecular complexity index is 886. The molecule has 1 aliphatic rings. The number of hydrogen-bond acceptors (Lipinski definition) is 3. The Morgan fingerprint density at radius 2 is 1.77 bits per heavy atom. The Balaban J connectivity index is 1.72. The van der Waals surface area contributed by atoms with Crippen LogP contribution in [0.4, 0.5) is 0 Å². The fourth-order valence-electron chi connectivity index (χ4n) is 3.73. The van der Waals surface area contributed by atoms with Crippen molar-refractivity contribution in [3.8, 4) is 5.75 Å². The number of hydrogen-bond donors (Lipinski definition) is 1. The first-order chi connectivity index (χ1) is 14.9. The number of nitrogens with one attached hydrogen (secondary N) is 1. The molecule has 1 atom stereocenters. The Morgan fingerprint density at radius 3 is 2.45 bits per heavy atom. The summed E-state index contributed by atoms with van der Waals surface area (Å²) in [6.45, 7) is 1.82. The maximum absolute atomic E-state index is 13.1. The molecule has 1 N–H and O–H groups in total. The summed E-state index contributed by atoms with van der Waals surface area (Å²) in [6.07, 6.45) is 5.42. The van der Waals surface area contributed by atoms with Crippen LogP contribution in [0.3, 0.4) is 0 Å². The van der Waals surface area contributed by atoms with Crippen LogP contribution in [0.2, 0.25) is 10.0 Å². The number of ether oxygens (including phenoxy) is 1. The van der Waals surface area contributed by atoms with E-state index in [-0.39, 0.29) is 31.0 Å². The Kier molecular flexibility index (Phi) is 8.61. The maximum Gasteiger partial charge on any atom is 0.261 e. The smallest absolute Gasteiger partial charge is 0.261 e. The standard InChI is InChI=1S/C24H28Cl2N2O3/c1-17(24(30)27-19-8-4-2-5-9-19)28(15-18-12-13-21(25)22(26)14-18)23(29)16-31-20-10-6-3-7-11-20/h3,6-7,10-14,17,19H,2,4-5,8-9,15-16H2,1H3,(H,27,30). The van der Waals surface area contributed by atoms with Crippen molar-refractivity contribution in [1.82, 2.24) is 10.2 Å². The van der Waals surface area contributed by atoms with Gasteiger partial charge in [-0.2, -0.15) is 0 Å². The molecule has 5 nitrogen and oxygen atoms in total. The SMILES string of the molecule is CC(C(=O)NC1CCCCC1)N(Cc1ccc(Cl)c(Cl)c1)C(=O)COc1ccccc1. The number of carbonyl (C=O) groups excluding carboxylic acids is 2. The molecule has 0 aromatic heterocycles. The molecule has 0 radical (unpaired) electrons. The van der Waals surface area contributed by atoms with Gasteiger partial charge in [0, 0.05) is 12.6 Å². The summed E-state index contributed by atoms with van der Waals surface area (Å²) in [5, 5.41) is 3.97. The number of rotatable bonds is 8. The molecule has 166 valence electrons. The van der Waals surface area contributed by atoms with Crippen molar-refractivity contribution in [2.45, 2.75) is 57.7 Å². The summed E-state index contributed by atoms with van der Waals surface area (Å²) in [4.78, 5) is 27.6. The van der Waals surface area contributed by atoms with Crippen LogP contribution >= 0.6 is 23.2 Å². The molecule has 0 saturated heterocycles. The summed E-state index contributed by atoms with van der Waals surface area (Å²) in [5.74, 6) is 0.172. The topological polar surface area (TPSA) is 58.6 Å². The van der Waals surface area contributed by atoms with Gasteiger partial charge in [-0.25, -0.2) is 0 Å². The van der Waals surface area contributed by atoms with E-state index in [1.54, 1.807) is 37.3 Å². The minimum absolute atomic E-state index is 0.153. The lowest BCUT2D eigenvalue weighted by atomic mass is 9.95. The highest BCUT2D eigenvalue weighted by atomic mass is 35.5. The highest BCUT2D eigenvalue weighted by Gasteiger charge is 2.28. The van der Waals surface area contributed by atoms with Gasteiger partial charge in [0.2, 0.25) is 5.91 Å². The Labute approximate surface area is 193 Å². The molecule has 1 aliphatic carbocycles. The fraction of sp³-hybridized carbons (Fsp3) is 0.417. The molecule has 0 heterocycles. The molecule has 1 fully saturated rings. The predicted octanol–water partition coefficient (Wildman–Crippen LogP) is 5.24. The van der Waals surface area contributed by atoms with Gasteiger partial charge in [-0.15, -0.1) is 0 Å². The monoisotopic (exact) mass is 462 g/mol. The zero-order valence-corrected chi connectivity index (χ0v) is 19.2. The van der Waals surface area contributed by atoms with Crippen molar-refractivity contribution in [3.05, 3.63) is 64.1 Å². The van der Waals surface area contributed by atoms with Gasteiger partial charge in [-0.1, -0.05) is 66.7 Å². The quantitative estimate of drug-likeness (QED) is 0.583. The number of carbonyl (C=O) groups is 2. The van der Waals surface area contributed by atoms with Gasteiger partial charge < -0.3 is 15.0 Å². The number of halogens is 2. The first-order valence-corrected chi connectivity index (χ1v) is 11.4. The molecular weight excluding hydrogens is 435 g/mol. The first-order valence-electron chi connectivity index (χ1n) is 10.7. The molecule has 2 aromatic rings. The third kappa shape index (κ3) is 6.88. The summed E-state index contributed by atoms with van der Waals surface area (Å²) >= 11 is 12.2. The number of benzene rings is 2. The predicted molar refractivity (Wildman–Crippen MR) is 123 cm³/mol. The molecule has 0 aliphatic heterocycles. The lowest BCUT2D eigenvalue weighted by Crippen LogP contribution is -2.51. The highest BCUT2D eigenvalue weighted by Crippen LogP contribution is 2.24. The van der Waals surface area contributed by atoms with Gasteiger partial charge in [0.1, 0.15) is 11.8 Å². The molecule has 2 aromatic carbocycles. The second-order valence-electron chi connectivity index (χ2n) is 7.89. The van der Waals surface area contributed by atoms with E-state index < -0.39 is 6.04 Å². The second-order valence-corrected chi connectivity index (χ2v) is 8.71. The van der Waals surface area contributed by atoms with Crippen LogP contribution in [0.15, 0.2) is 48.5 Å². The van der Waals surface area contributed by atoms with Crippen LogP contribution in [0.1, 0.15) is 44.6 Å². The van der Waals surface area contributed by atoms with Crippen LogP contribution in [0.25, 0.3) is 0 Å². The normalized spacial score (nSPS) is 15.2. The van der Waals surface area contributed by atoms with Crippen LogP contribution in [-0.2, 0) is 16.1 Å². The Morgan fingerprint density at radius 1 is 1.06 bits per heavy atom. The number of nitrogens with zero attached hydrogens (tertiary/aromatic N) is 1. The molecule has 3 rings (SSSR count). The molecular formula is C24H28Cl2N2O3. The fourth-order valence-corrected chi connectivity index (χ4v) is 4.05. The van der Waals surface area contributed by atoms with Crippen molar-refractivity contribution < 1.29 is 14.3 Å². The van der Waals surface area contributed by atoms with Crippen molar-refractivity contribution >= 4 is 35.0 Å². The summed E-state index contributed by atoms with van der Waals surface area (Å²) in [5.41, 5.74) is 0.791. The summed E-state index contributed by atoms with van der Waals surface area (Å²) in [7, 11) is 0. The molecule has 0 bridgehead atoms. The van der Waals surface area contributed by atoms with Crippen molar-refractivity contribution in [1.29, 1.82) is 0 Å². The van der Waals surface area contributed by atoms with E-state index in [0.29, 0.717) is 15.8 Å². The van der Waals surface area contributed by atoms with Crippen LogP contribution in [0.5, 0.6) is 5.75 Å². The van der Waals surface area contributed by atoms with Crippen LogP contribution < -0.4 is 10.1 Å². The van der Waals surface area contributed by atoms with E-state index in [1.165, 1.54) is 11.3 Å². The average molecular weight is 463 g/mol. The molecule has 31 heavy (non-hydrogen) atoms. The lowest BCUT2D eigenvalue weighted by molar-refractivity contribution is -0.142. The molecule has 1 unspecified atom stereocenters. The molecule has 0 spiro atoms. The van der Waals surface area contributed by atoms with Crippen molar-refractivity contribution in [3.63, 3.8) is 0 Å². The third-order valence-corrected chi connectivity index (χ3v) is 6.30. The van der Waals surface area contributed by atoms with E-state index in [0.717, 1.165) is 31.2 Å². The minimum atomic E-state index is -0.650. The van der Waals surface area contributed by atoms with E-state index in [4.69, 9.17) is 27.9 Å². The van der Waals surface area contributed by atoms with Crippen molar-refractivity contribution in [2.24, 2.45) is 0 Å². The van der Waals surface area contributed by atoms with Gasteiger partial charge in [-0.05, 0) is 49.6 Å². The van der Waals surface area contributed by atoms with E-state index in [9.17, 15) is 9.59 Å². The number of para-hydroxylation sites is 1. The third-order valence-electron chi connectivity index (χ3n) is 5.56. The van der Waals surface area contributed by atoms with E-state index in [2.05, 4.69) is 5.32 Å². The zero-order valence-electron chi connectivity index (χ0n) is 17.7. The van der Waals surface area contributed by atoms with E-state index >= 15 is 0 Å². The molecule has 2 amide bonds. The lowest BCUT2D eigenvalue weighted by Gasteiger charge is -2.31. The molecule has 7 heteroatoms. The molecule has 1 saturated carbocycles.